The van der Waals surface area contributed by atoms with Gasteiger partial charge in [0, 0.05) is 16.8 Å². The summed E-state index contributed by atoms with van der Waals surface area (Å²) in [6.45, 7) is 0. The van der Waals surface area contributed by atoms with Gasteiger partial charge in [0.25, 0.3) is 5.89 Å². The van der Waals surface area contributed by atoms with Gasteiger partial charge < -0.3 is 9.26 Å². The predicted molar refractivity (Wildman–Crippen MR) is 95.5 cm³/mol. The van der Waals surface area contributed by atoms with Gasteiger partial charge in [0.1, 0.15) is 11.7 Å². The van der Waals surface area contributed by atoms with E-state index in [4.69, 9.17) is 20.9 Å². The quantitative estimate of drug-likeness (QED) is 0.646. The van der Waals surface area contributed by atoms with Gasteiger partial charge in [-0.15, -0.1) is 0 Å². The second-order valence-electron chi connectivity index (χ2n) is 6.16. The Labute approximate surface area is 151 Å². The third kappa shape index (κ3) is 3.66. The third-order valence-corrected chi connectivity index (χ3v) is 4.61. The third-order valence-electron chi connectivity index (χ3n) is 4.36. The molecule has 0 amide bonds. The molecule has 25 heavy (non-hydrogen) atoms. The van der Waals surface area contributed by atoms with E-state index in [9.17, 15) is 0 Å². The summed E-state index contributed by atoms with van der Waals surface area (Å²) >= 11 is 5.92. The second-order valence-corrected chi connectivity index (χ2v) is 6.60. The maximum absolute atomic E-state index is 6.12. The Morgan fingerprint density at radius 3 is 2.64 bits per heavy atom. The SMILES string of the molecule is Clc1ccc(-c2noc(-c3cccnc3OC3CCCCC3)n2)cc1. The first-order valence-corrected chi connectivity index (χ1v) is 8.89. The zero-order valence-electron chi connectivity index (χ0n) is 13.7. The van der Waals surface area contributed by atoms with Crippen LogP contribution in [-0.2, 0) is 0 Å². The molecule has 0 spiro atoms. The van der Waals surface area contributed by atoms with Crippen molar-refractivity contribution in [2.45, 2.75) is 38.2 Å². The molecule has 1 saturated carbocycles. The summed E-state index contributed by atoms with van der Waals surface area (Å²) in [7, 11) is 0. The van der Waals surface area contributed by atoms with E-state index in [0.717, 1.165) is 24.0 Å². The van der Waals surface area contributed by atoms with Crippen LogP contribution in [0.25, 0.3) is 22.8 Å². The van der Waals surface area contributed by atoms with Crippen LogP contribution in [0.5, 0.6) is 5.88 Å². The Hall–Kier alpha value is -2.40. The first kappa shape index (κ1) is 16.1. The molecule has 1 aromatic carbocycles. The van der Waals surface area contributed by atoms with Gasteiger partial charge in [-0.25, -0.2) is 4.98 Å². The summed E-state index contributed by atoms with van der Waals surface area (Å²) < 4.78 is 11.6. The highest BCUT2D eigenvalue weighted by molar-refractivity contribution is 6.30. The van der Waals surface area contributed by atoms with Crippen LogP contribution >= 0.6 is 11.6 Å². The van der Waals surface area contributed by atoms with Crippen molar-refractivity contribution in [1.29, 1.82) is 0 Å². The summed E-state index contributed by atoms with van der Waals surface area (Å²) in [5.41, 5.74) is 1.57. The van der Waals surface area contributed by atoms with Gasteiger partial charge in [0.2, 0.25) is 11.7 Å². The van der Waals surface area contributed by atoms with Crippen LogP contribution in [0, 0.1) is 0 Å². The van der Waals surface area contributed by atoms with Crippen molar-refractivity contribution < 1.29 is 9.26 Å². The van der Waals surface area contributed by atoms with Gasteiger partial charge in [-0.1, -0.05) is 23.2 Å². The van der Waals surface area contributed by atoms with Crippen molar-refractivity contribution in [3.63, 3.8) is 0 Å². The van der Waals surface area contributed by atoms with E-state index >= 15 is 0 Å². The van der Waals surface area contributed by atoms with Crippen molar-refractivity contribution in [2.24, 2.45) is 0 Å². The van der Waals surface area contributed by atoms with E-state index in [-0.39, 0.29) is 6.10 Å². The summed E-state index contributed by atoms with van der Waals surface area (Å²) in [5, 5.41) is 4.74. The highest BCUT2D eigenvalue weighted by Gasteiger charge is 2.20. The van der Waals surface area contributed by atoms with Crippen LogP contribution in [-0.4, -0.2) is 21.2 Å². The van der Waals surface area contributed by atoms with Crippen molar-refractivity contribution in [3.8, 4) is 28.7 Å². The minimum atomic E-state index is 0.209. The van der Waals surface area contributed by atoms with Crippen LogP contribution in [0.4, 0.5) is 0 Å². The van der Waals surface area contributed by atoms with Gasteiger partial charge in [-0.2, -0.15) is 4.98 Å². The van der Waals surface area contributed by atoms with Gasteiger partial charge in [0.05, 0.1) is 0 Å². The molecule has 128 valence electrons. The molecule has 0 saturated heterocycles. The van der Waals surface area contributed by atoms with Crippen LogP contribution in [0.15, 0.2) is 47.1 Å². The van der Waals surface area contributed by atoms with Gasteiger partial charge in [-0.3, -0.25) is 0 Å². The first-order valence-electron chi connectivity index (χ1n) is 8.51. The van der Waals surface area contributed by atoms with Crippen molar-refractivity contribution in [1.82, 2.24) is 15.1 Å². The van der Waals surface area contributed by atoms with Crippen molar-refractivity contribution in [2.75, 3.05) is 0 Å². The molecule has 4 rings (SSSR count). The molecule has 1 aliphatic carbocycles. The highest BCUT2D eigenvalue weighted by Crippen LogP contribution is 2.31. The highest BCUT2D eigenvalue weighted by atomic mass is 35.5. The molecule has 0 atom stereocenters. The number of pyridine rings is 1. The molecule has 1 fully saturated rings. The Kier molecular flexibility index (Phi) is 4.65. The van der Waals surface area contributed by atoms with E-state index in [1.807, 2.05) is 24.3 Å². The number of aromatic nitrogens is 3. The smallest absolute Gasteiger partial charge is 0.263 e. The molecule has 6 heteroatoms. The van der Waals surface area contributed by atoms with E-state index in [2.05, 4.69) is 15.1 Å². The topological polar surface area (TPSA) is 61.0 Å². The fourth-order valence-corrected chi connectivity index (χ4v) is 3.16. The minimum absolute atomic E-state index is 0.209. The zero-order chi connectivity index (χ0) is 17.1. The second kappa shape index (κ2) is 7.23. The Morgan fingerprint density at radius 2 is 1.84 bits per heavy atom. The molecule has 1 aliphatic rings. The molecule has 0 aliphatic heterocycles. The summed E-state index contributed by atoms with van der Waals surface area (Å²) in [6, 6.07) is 11.1. The first-order chi connectivity index (χ1) is 12.3. The maximum atomic E-state index is 6.12. The lowest BCUT2D eigenvalue weighted by Gasteiger charge is -2.22. The lowest BCUT2D eigenvalue weighted by molar-refractivity contribution is 0.149. The molecular formula is C19H18ClN3O2. The molecule has 5 nitrogen and oxygen atoms in total. The molecule has 2 heterocycles. The Balaban J connectivity index is 1.60. The normalized spacial score (nSPS) is 15.2. The van der Waals surface area contributed by atoms with Crippen molar-refractivity contribution >= 4 is 11.6 Å². The fourth-order valence-electron chi connectivity index (χ4n) is 3.04. The lowest BCUT2D eigenvalue weighted by atomic mass is 9.98. The summed E-state index contributed by atoms with van der Waals surface area (Å²) in [5.74, 6) is 1.48. The largest absolute Gasteiger partial charge is 0.474 e. The molecular weight excluding hydrogens is 338 g/mol. The Morgan fingerprint density at radius 1 is 1.04 bits per heavy atom. The predicted octanol–water partition coefficient (Wildman–Crippen LogP) is 5.16. The molecule has 3 aromatic rings. The lowest BCUT2D eigenvalue weighted by Crippen LogP contribution is -2.20. The number of hydrogen-bond donors (Lipinski definition) is 0. The number of ether oxygens (including phenoxy) is 1. The molecule has 0 bridgehead atoms. The van der Waals surface area contributed by atoms with Gasteiger partial charge in [0.15, 0.2) is 0 Å². The standard InChI is InChI=1S/C19H18ClN3O2/c20-14-10-8-13(9-11-14)17-22-19(25-23-17)16-7-4-12-21-18(16)24-15-5-2-1-3-6-15/h4,7-12,15H,1-3,5-6H2. The molecule has 0 N–H and O–H groups in total. The zero-order valence-corrected chi connectivity index (χ0v) is 14.4. The molecule has 0 radical (unpaired) electrons. The summed E-state index contributed by atoms with van der Waals surface area (Å²) in [4.78, 5) is 8.87. The van der Waals surface area contributed by atoms with E-state index in [1.165, 1.54) is 19.3 Å². The number of halogens is 1. The van der Waals surface area contributed by atoms with Crippen LogP contribution in [0.2, 0.25) is 5.02 Å². The molecule has 2 aromatic heterocycles. The average molecular weight is 356 g/mol. The minimum Gasteiger partial charge on any atom is -0.474 e. The van der Waals surface area contributed by atoms with Crippen LogP contribution in [0.1, 0.15) is 32.1 Å². The fraction of sp³-hybridized carbons (Fsp3) is 0.316. The molecule has 0 unspecified atom stereocenters. The summed E-state index contributed by atoms with van der Waals surface area (Å²) in [6.07, 6.45) is 7.75. The monoisotopic (exact) mass is 355 g/mol. The van der Waals surface area contributed by atoms with Gasteiger partial charge in [-0.05, 0) is 62.1 Å². The van der Waals surface area contributed by atoms with E-state index < -0.39 is 0 Å². The van der Waals surface area contributed by atoms with E-state index in [1.54, 1.807) is 18.3 Å². The maximum Gasteiger partial charge on any atom is 0.263 e. The number of nitrogens with zero attached hydrogens (tertiary/aromatic N) is 3. The number of benzene rings is 1. The van der Waals surface area contributed by atoms with Gasteiger partial charge >= 0.3 is 0 Å². The average Bonchev–Trinajstić information content (AvgIpc) is 3.14. The van der Waals surface area contributed by atoms with Crippen molar-refractivity contribution in [3.05, 3.63) is 47.6 Å². The van der Waals surface area contributed by atoms with Crippen LogP contribution in [0.3, 0.4) is 0 Å². The van der Waals surface area contributed by atoms with Crippen LogP contribution < -0.4 is 4.74 Å². The van der Waals surface area contributed by atoms with E-state index in [0.29, 0.717) is 22.6 Å². The number of hydrogen-bond acceptors (Lipinski definition) is 5. The Bertz CT molecular complexity index is 842. The number of rotatable bonds is 4.